The van der Waals surface area contributed by atoms with Gasteiger partial charge in [-0.05, 0) is 45.2 Å². The summed E-state index contributed by atoms with van der Waals surface area (Å²) < 4.78 is 14.5. The minimum atomic E-state index is -1.47. The van der Waals surface area contributed by atoms with Crippen LogP contribution >= 0.6 is 22.7 Å². The number of fused-ring (bicyclic) bond motifs is 1. The molecule has 0 saturated carbocycles. The molecule has 1 atom stereocenters. The van der Waals surface area contributed by atoms with Gasteiger partial charge in [-0.3, -0.25) is 4.79 Å². The average molecular weight is 423 g/mol. The molecule has 9 heteroatoms. The molecular formula is C19H23FN4O2S2. The van der Waals surface area contributed by atoms with Crippen molar-refractivity contribution in [3.8, 4) is 0 Å². The first-order valence-electron chi connectivity index (χ1n) is 8.88. The predicted octanol–water partition coefficient (Wildman–Crippen LogP) is 4.33. The second-order valence-electron chi connectivity index (χ2n) is 7.37. The second-order valence-corrected chi connectivity index (χ2v) is 9.11. The van der Waals surface area contributed by atoms with Crippen LogP contribution in [0.4, 0.5) is 15.2 Å². The zero-order chi connectivity index (χ0) is 20.5. The fourth-order valence-electron chi connectivity index (χ4n) is 2.63. The Morgan fingerprint density at radius 2 is 2.11 bits per heavy atom. The monoisotopic (exact) mass is 422 g/mol. The molecule has 0 radical (unpaired) electrons. The molecule has 0 bridgehead atoms. The first kappa shape index (κ1) is 20.6. The SMILES string of the molecule is CC(C)N(C[C@@H](F)C(C)(C)O)c1ncsc1NC(=O)c1cnc2sccc2c1. The number of hydrogen-bond donors (Lipinski definition) is 2. The molecule has 0 spiro atoms. The first-order chi connectivity index (χ1) is 13.2. The summed E-state index contributed by atoms with van der Waals surface area (Å²) in [6.07, 6.45) is 0.0754. The molecule has 2 N–H and O–H groups in total. The van der Waals surface area contributed by atoms with Crippen molar-refractivity contribution in [2.45, 2.75) is 45.5 Å². The fourth-order valence-corrected chi connectivity index (χ4v) is 4.03. The Balaban J connectivity index is 1.82. The maximum atomic E-state index is 14.5. The molecule has 28 heavy (non-hydrogen) atoms. The van der Waals surface area contributed by atoms with E-state index in [2.05, 4.69) is 15.3 Å². The Morgan fingerprint density at radius 3 is 2.79 bits per heavy atom. The summed E-state index contributed by atoms with van der Waals surface area (Å²) in [5.74, 6) is 0.193. The molecule has 3 rings (SSSR count). The average Bonchev–Trinajstić information content (AvgIpc) is 3.26. The molecule has 150 valence electrons. The lowest BCUT2D eigenvalue weighted by Crippen LogP contribution is -2.45. The highest BCUT2D eigenvalue weighted by molar-refractivity contribution is 7.16. The third-order valence-electron chi connectivity index (χ3n) is 4.36. The molecule has 0 aliphatic heterocycles. The van der Waals surface area contributed by atoms with Crippen molar-refractivity contribution in [1.82, 2.24) is 9.97 Å². The van der Waals surface area contributed by atoms with Crippen LogP contribution in [0.3, 0.4) is 0 Å². The highest BCUT2D eigenvalue weighted by atomic mass is 32.1. The van der Waals surface area contributed by atoms with Gasteiger partial charge in [0, 0.05) is 17.6 Å². The van der Waals surface area contributed by atoms with Gasteiger partial charge in [-0.1, -0.05) is 0 Å². The molecule has 0 aliphatic carbocycles. The number of carbonyl (C=O) groups is 1. The number of anilines is 2. The Hall–Kier alpha value is -2.10. The van der Waals surface area contributed by atoms with Crippen LogP contribution in [0.25, 0.3) is 10.2 Å². The quantitative estimate of drug-likeness (QED) is 0.593. The van der Waals surface area contributed by atoms with Crippen molar-refractivity contribution < 1.29 is 14.3 Å². The zero-order valence-electron chi connectivity index (χ0n) is 16.1. The lowest BCUT2D eigenvalue weighted by atomic mass is 10.0. The van der Waals surface area contributed by atoms with E-state index in [1.807, 2.05) is 25.3 Å². The van der Waals surface area contributed by atoms with Gasteiger partial charge in [0.25, 0.3) is 5.91 Å². The van der Waals surface area contributed by atoms with Crippen LogP contribution in [-0.2, 0) is 0 Å². The van der Waals surface area contributed by atoms with Gasteiger partial charge < -0.3 is 15.3 Å². The summed E-state index contributed by atoms with van der Waals surface area (Å²) in [5, 5.41) is 16.2. The smallest absolute Gasteiger partial charge is 0.257 e. The molecule has 3 heterocycles. The fraction of sp³-hybridized carbons (Fsp3) is 0.421. The summed E-state index contributed by atoms with van der Waals surface area (Å²) in [6.45, 7) is 6.67. The number of thiazole rings is 1. The number of halogens is 1. The number of rotatable bonds is 7. The van der Waals surface area contributed by atoms with Crippen LogP contribution in [0.5, 0.6) is 0 Å². The number of carbonyl (C=O) groups excluding carboxylic acids is 1. The van der Waals surface area contributed by atoms with Gasteiger partial charge in [0.1, 0.15) is 16.0 Å². The van der Waals surface area contributed by atoms with Crippen LogP contribution in [0.15, 0.2) is 29.2 Å². The molecule has 1 amide bonds. The summed E-state index contributed by atoms with van der Waals surface area (Å²) in [6, 6.07) is 3.64. The van der Waals surface area contributed by atoms with Crippen molar-refractivity contribution in [2.24, 2.45) is 0 Å². The van der Waals surface area contributed by atoms with Crippen LogP contribution < -0.4 is 10.2 Å². The largest absolute Gasteiger partial charge is 0.387 e. The number of aromatic nitrogens is 2. The van der Waals surface area contributed by atoms with Crippen LogP contribution in [-0.4, -0.2) is 45.3 Å². The maximum absolute atomic E-state index is 14.5. The molecule has 0 unspecified atom stereocenters. The van der Waals surface area contributed by atoms with E-state index in [0.29, 0.717) is 16.4 Å². The molecule has 3 aromatic heterocycles. The third kappa shape index (κ3) is 4.48. The van der Waals surface area contributed by atoms with E-state index >= 15 is 0 Å². The van der Waals surface area contributed by atoms with Crippen molar-refractivity contribution in [3.05, 3.63) is 34.8 Å². The van der Waals surface area contributed by atoms with Crippen LogP contribution in [0.1, 0.15) is 38.1 Å². The van der Waals surface area contributed by atoms with Gasteiger partial charge in [-0.25, -0.2) is 14.4 Å². The summed E-state index contributed by atoms with van der Waals surface area (Å²) in [4.78, 5) is 24.0. The van der Waals surface area contributed by atoms with Gasteiger partial charge in [-0.15, -0.1) is 22.7 Å². The van der Waals surface area contributed by atoms with Gasteiger partial charge in [0.15, 0.2) is 5.82 Å². The summed E-state index contributed by atoms with van der Waals surface area (Å²) >= 11 is 2.79. The minimum Gasteiger partial charge on any atom is -0.387 e. The zero-order valence-corrected chi connectivity index (χ0v) is 17.8. The lowest BCUT2D eigenvalue weighted by molar-refractivity contribution is 0.0000667. The first-order valence-corrected chi connectivity index (χ1v) is 10.6. The molecule has 0 aliphatic rings. The standard InChI is InChI=1S/C19H23FN4O2S2/c1-11(2)24(9-14(20)19(3,4)26)15-18(28-10-22-15)23-16(25)13-7-12-5-6-27-17(12)21-8-13/h5-8,10-11,14,26H,9H2,1-4H3,(H,23,25)/t14-/m1/s1. The van der Waals surface area contributed by atoms with E-state index in [0.717, 1.165) is 10.2 Å². The van der Waals surface area contributed by atoms with E-state index < -0.39 is 11.8 Å². The number of nitrogens with one attached hydrogen (secondary N) is 1. The van der Waals surface area contributed by atoms with E-state index in [9.17, 15) is 14.3 Å². The third-order valence-corrected chi connectivity index (χ3v) is 5.93. The molecular weight excluding hydrogens is 399 g/mol. The van der Waals surface area contributed by atoms with Crippen molar-refractivity contribution in [3.63, 3.8) is 0 Å². The number of thiophene rings is 1. The van der Waals surface area contributed by atoms with E-state index in [4.69, 9.17) is 0 Å². The Bertz CT molecular complexity index is 964. The predicted molar refractivity (Wildman–Crippen MR) is 113 cm³/mol. The second kappa shape index (κ2) is 8.10. The molecule has 0 fully saturated rings. The highest BCUT2D eigenvalue weighted by Crippen LogP contribution is 2.32. The van der Waals surface area contributed by atoms with Gasteiger partial charge in [0.2, 0.25) is 0 Å². The highest BCUT2D eigenvalue weighted by Gasteiger charge is 2.31. The Labute approximate surface area is 171 Å². The van der Waals surface area contributed by atoms with Crippen molar-refractivity contribution in [1.29, 1.82) is 0 Å². The van der Waals surface area contributed by atoms with Crippen molar-refractivity contribution in [2.75, 3.05) is 16.8 Å². The van der Waals surface area contributed by atoms with E-state index in [1.165, 1.54) is 36.5 Å². The number of alkyl halides is 1. The van der Waals surface area contributed by atoms with E-state index in [-0.39, 0.29) is 18.5 Å². The van der Waals surface area contributed by atoms with Gasteiger partial charge in [0.05, 0.1) is 23.2 Å². The molecule has 6 nitrogen and oxygen atoms in total. The molecule has 0 saturated heterocycles. The minimum absolute atomic E-state index is 0.0316. The van der Waals surface area contributed by atoms with Crippen LogP contribution in [0, 0.1) is 0 Å². The summed E-state index contributed by atoms with van der Waals surface area (Å²) in [5.41, 5.74) is 0.591. The Kier molecular flexibility index (Phi) is 5.97. The van der Waals surface area contributed by atoms with Gasteiger partial charge >= 0.3 is 0 Å². The summed E-state index contributed by atoms with van der Waals surface area (Å²) in [7, 11) is 0. The Morgan fingerprint density at radius 1 is 1.36 bits per heavy atom. The molecule has 3 aromatic rings. The number of nitrogens with zero attached hydrogens (tertiary/aromatic N) is 3. The van der Waals surface area contributed by atoms with Crippen molar-refractivity contribution >= 4 is 49.6 Å². The number of amides is 1. The normalized spacial score (nSPS) is 13.1. The van der Waals surface area contributed by atoms with Crippen LogP contribution in [0.2, 0.25) is 0 Å². The number of hydrogen-bond acceptors (Lipinski definition) is 7. The number of aliphatic hydroxyl groups is 1. The van der Waals surface area contributed by atoms with Gasteiger partial charge in [-0.2, -0.15) is 0 Å². The van der Waals surface area contributed by atoms with E-state index in [1.54, 1.807) is 22.7 Å². The lowest BCUT2D eigenvalue weighted by Gasteiger charge is -2.32. The maximum Gasteiger partial charge on any atom is 0.257 e. The molecule has 0 aromatic carbocycles. The number of pyridine rings is 1. The topological polar surface area (TPSA) is 78.4 Å².